The van der Waals surface area contributed by atoms with Crippen molar-refractivity contribution >= 4 is 17.3 Å². The number of fused-ring (bicyclic) bond motifs is 1. The van der Waals surface area contributed by atoms with Crippen LogP contribution in [0.15, 0.2) is 18.5 Å². The van der Waals surface area contributed by atoms with Gasteiger partial charge < -0.3 is 4.90 Å². The topological polar surface area (TPSA) is 19.4 Å². The van der Waals surface area contributed by atoms with Crippen LogP contribution >= 0.6 is 11.6 Å². The quantitative estimate of drug-likeness (QED) is 0.751. The summed E-state index contributed by atoms with van der Waals surface area (Å²) in [6.45, 7) is 4.71. The number of hydrogen-bond donors (Lipinski definition) is 0. The summed E-state index contributed by atoms with van der Waals surface area (Å²) in [7, 11) is 0. The fourth-order valence-electron chi connectivity index (χ4n) is 3.02. The molecule has 2 saturated heterocycles. The molecule has 0 bridgehead atoms. The lowest BCUT2D eigenvalue weighted by atomic mass is 10.1. The number of piperazine rings is 1. The van der Waals surface area contributed by atoms with Crippen molar-refractivity contribution in [2.45, 2.75) is 24.8 Å². The highest BCUT2D eigenvalue weighted by atomic mass is 35.5. The minimum Gasteiger partial charge on any atom is -0.367 e. The second-order valence-electron chi connectivity index (χ2n) is 4.92. The van der Waals surface area contributed by atoms with Gasteiger partial charge in [0.2, 0.25) is 0 Å². The first-order valence-corrected chi connectivity index (χ1v) is 6.90. The Kier molecular flexibility index (Phi) is 3.21. The van der Waals surface area contributed by atoms with Crippen molar-refractivity contribution in [2.24, 2.45) is 0 Å². The van der Waals surface area contributed by atoms with E-state index in [1.807, 2.05) is 18.5 Å². The Labute approximate surface area is 107 Å². The summed E-state index contributed by atoms with van der Waals surface area (Å²) in [4.78, 5) is 9.31. The molecule has 1 aromatic heterocycles. The Bertz CT molecular complexity index is 396. The largest absolute Gasteiger partial charge is 0.367 e. The summed E-state index contributed by atoms with van der Waals surface area (Å²) < 4.78 is 0. The van der Waals surface area contributed by atoms with Gasteiger partial charge in [0.15, 0.2) is 0 Å². The molecular weight excluding hydrogens is 234 g/mol. The molecule has 0 aliphatic carbocycles. The number of pyridine rings is 1. The minimum absolute atomic E-state index is 0.572. The second-order valence-corrected chi connectivity index (χ2v) is 5.18. The predicted octanol–water partition coefficient (Wildman–Crippen LogP) is 2.10. The van der Waals surface area contributed by atoms with E-state index in [1.165, 1.54) is 37.2 Å². The van der Waals surface area contributed by atoms with E-state index in [4.69, 9.17) is 11.6 Å². The number of alkyl halides is 1. The van der Waals surface area contributed by atoms with Gasteiger partial charge in [0.1, 0.15) is 0 Å². The normalized spacial score (nSPS) is 25.0. The third-order valence-corrected chi connectivity index (χ3v) is 4.25. The van der Waals surface area contributed by atoms with Crippen LogP contribution in [0, 0.1) is 0 Å². The lowest BCUT2D eigenvalue weighted by molar-refractivity contribution is 0.231. The van der Waals surface area contributed by atoms with Gasteiger partial charge in [-0.05, 0) is 31.0 Å². The summed E-state index contributed by atoms with van der Waals surface area (Å²) >= 11 is 6.00. The zero-order valence-corrected chi connectivity index (χ0v) is 10.7. The predicted molar refractivity (Wildman–Crippen MR) is 70.6 cm³/mol. The molecule has 3 nitrogen and oxygen atoms in total. The van der Waals surface area contributed by atoms with Crippen LogP contribution in [0.2, 0.25) is 0 Å². The number of rotatable bonds is 2. The van der Waals surface area contributed by atoms with Crippen molar-refractivity contribution in [3.8, 4) is 0 Å². The molecule has 2 aliphatic heterocycles. The van der Waals surface area contributed by atoms with E-state index in [1.54, 1.807) is 0 Å². The van der Waals surface area contributed by atoms with Crippen molar-refractivity contribution in [3.63, 3.8) is 0 Å². The van der Waals surface area contributed by atoms with Crippen LogP contribution in [-0.2, 0) is 5.88 Å². The highest BCUT2D eigenvalue weighted by Crippen LogP contribution is 2.27. The van der Waals surface area contributed by atoms with Crippen LogP contribution in [0.25, 0.3) is 0 Å². The average molecular weight is 252 g/mol. The summed E-state index contributed by atoms with van der Waals surface area (Å²) in [5, 5.41) is 0. The van der Waals surface area contributed by atoms with Crippen LogP contribution in [0.3, 0.4) is 0 Å². The molecule has 3 heterocycles. The molecule has 92 valence electrons. The number of anilines is 1. The second kappa shape index (κ2) is 4.83. The van der Waals surface area contributed by atoms with Crippen LogP contribution in [0.1, 0.15) is 18.4 Å². The molecule has 0 N–H and O–H groups in total. The average Bonchev–Trinajstić information content (AvgIpc) is 2.85. The smallest absolute Gasteiger partial charge is 0.0598 e. The van der Waals surface area contributed by atoms with Crippen LogP contribution in [-0.4, -0.2) is 42.1 Å². The maximum Gasteiger partial charge on any atom is 0.0598 e. The van der Waals surface area contributed by atoms with Crippen LogP contribution < -0.4 is 4.90 Å². The van der Waals surface area contributed by atoms with Crippen molar-refractivity contribution in [2.75, 3.05) is 31.1 Å². The fourth-order valence-corrected chi connectivity index (χ4v) is 3.25. The molecule has 0 amide bonds. The minimum atomic E-state index is 0.572. The highest BCUT2D eigenvalue weighted by molar-refractivity contribution is 6.17. The van der Waals surface area contributed by atoms with E-state index in [-0.39, 0.29) is 0 Å². The summed E-state index contributed by atoms with van der Waals surface area (Å²) in [6.07, 6.45) is 6.48. The monoisotopic (exact) mass is 251 g/mol. The number of halogens is 1. The Hall–Kier alpha value is -0.800. The molecule has 0 spiro atoms. The molecule has 0 aromatic carbocycles. The molecular formula is C13H18ClN3. The van der Waals surface area contributed by atoms with E-state index < -0.39 is 0 Å². The molecule has 0 saturated carbocycles. The Morgan fingerprint density at radius 1 is 1.35 bits per heavy atom. The molecule has 3 rings (SSSR count). The van der Waals surface area contributed by atoms with Gasteiger partial charge in [-0.15, -0.1) is 11.6 Å². The van der Waals surface area contributed by atoms with Crippen molar-refractivity contribution < 1.29 is 0 Å². The van der Waals surface area contributed by atoms with Crippen molar-refractivity contribution in [3.05, 3.63) is 24.0 Å². The van der Waals surface area contributed by atoms with Crippen LogP contribution in [0.4, 0.5) is 5.69 Å². The first-order valence-electron chi connectivity index (χ1n) is 6.36. The standard InChI is InChI=1S/C13H18ClN3/c14-8-11-3-4-15-9-13(11)17-7-6-16-5-1-2-12(16)10-17/h3-4,9,12H,1-2,5-8,10H2. The van der Waals surface area contributed by atoms with Gasteiger partial charge in [-0.3, -0.25) is 9.88 Å². The molecule has 1 unspecified atom stereocenters. The summed E-state index contributed by atoms with van der Waals surface area (Å²) in [5.74, 6) is 0.572. The molecule has 1 aromatic rings. The molecule has 2 aliphatic rings. The maximum absolute atomic E-state index is 6.00. The third kappa shape index (κ3) is 2.14. The maximum atomic E-state index is 6.00. The molecule has 0 radical (unpaired) electrons. The van der Waals surface area contributed by atoms with E-state index >= 15 is 0 Å². The number of hydrogen-bond acceptors (Lipinski definition) is 3. The van der Waals surface area contributed by atoms with Crippen molar-refractivity contribution in [1.29, 1.82) is 0 Å². The summed E-state index contributed by atoms with van der Waals surface area (Å²) in [5.41, 5.74) is 2.43. The Morgan fingerprint density at radius 2 is 2.29 bits per heavy atom. The van der Waals surface area contributed by atoms with Gasteiger partial charge in [-0.1, -0.05) is 0 Å². The van der Waals surface area contributed by atoms with E-state index in [0.29, 0.717) is 5.88 Å². The Morgan fingerprint density at radius 3 is 3.18 bits per heavy atom. The lowest BCUT2D eigenvalue weighted by Gasteiger charge is -2.39. The van der Waals surface area contributed by atoms with Gasteiger partial charge in [-0.2, -0.15) is 0 Å². The first-order chi connectivity index (χ1) is 8.38. The van der Waals surface area contributed by atoms with Gasteiger partial charge in [0, 0.05) is 37.8 Å². The first kappa shape index (κ1) is 11.3. The Balaban J connectivity index is 1.80. The number of aromatic nitrogens is 1. The fraction of sp³-hybridized carbons (Fsp3) is 0.615. The van der Waals surface area contributed by atoms with Crippen molar-refractivity contribution in [1.82, 2.24) is 9.88 Å². The molecule has 17 heavy (non-hydrogen) atoms. The highest BCUT2D eigenvalue weighted by Gasteiger charge is 2.31. The van der Waals surface area contributed by atoms with E-state index in [0.717, 1.165) is 19.1 Å². The zero-order chi connectivity index (χ0) is 11.7. The van der Waals surface area contributed by atoms with Gasteiger partial charge in [0.05, 0.1) is 11.9 Å². The molecule has 4 heteroatoms. The third-order valence-electron chi connectivity index (χ3n) is 3.96. The van der Waals surface area contributed by atoms with Gasteiger partial charge >= 0.3 is 0 Å². The molecule has 1 atom stereocenters. The lowest BCUT2D eigenvalue weighted by Crippen LogP contribution is -2.50. The van der Waals surface area contributed by atoms with E-state index in [2.05, 4.69) is 14.8 Å². The van der Waals surface area contributed by atoms with E-state index in [9.17, 15) is 0 Å². The number of nitrogens with zero attached hydrogens (tertiary/aromatic N) is 3. The molecule has 2 fully saturated rings. The zero-order valence-electron chi connectivity index (χ0n) is 9.98. The SMILES string of the molecule is ClCc1ccncc1N1CCN2CCCC2C1. The summed E-state index contributed by atoms with van der Waals surface area (Å²) in [6, 6.07) is 2.77. The van der Waals surface area contributed by atoms with Crippen LogP contribution in [0.5, 0.6) is 0 Å². The van der Waals surface area contributed by atoms with Gasteiger partial charge in [-0.25, -0.2) is 0 Å². The van der Waals surface area contributed by atoms with Gasteiger partial charge in [0.25, 0.3) is 0 Å².